The van der Waals surface area contributed by atoms with Crippen LogP contribution in [-0.4, -0.2) is 30.2 Å². The first-order chi connectivity index (χ1) is 11.2. The Morgan fingerprint density at radius 2 is 2.00 bits per heavy atom. The van der Waals surface area contributed by atoms with Gasteiger partial charge in [0.15, 0.2) is 0 Å². The largest absolute Gasteiger partial charge is 0.385 e. The summed E-state index contributed by atoms with van der Waals surface area (Å²) < 4.78 is 5.08. The SMILES string of the molecule is COCCCNc1nc(Cl)nc2scc(-c3ccc(C)cc3)c12. The highest BCUT2D eigenvalue weighted by molar-refractivity contribution is 7.17. The van der Waals surface area contributed by atoms with E-state index in [1.54, 1.807) is 18.4 Å². The summed E-state index contributed by atoms with van der Waals surface area (Å²) in [6, 6.07) is 8.48. The molecule has 2 aromatic heterocycles. The molecule has 6 heteroatoms. The number of halogens is 1. The number of benzene rings is 1. The van der Waals surface area contributed by atoms with Gasteiger partial charge >= 0.3 is 0 Å². The number of aromatic nitrogens is 2. The minimum absolute atomic E-state index is 0.268. The number of rotatable bonds is 6. The molecular weight excluding hydrogens is 330 g/mol. The maximum atomic E-state index is 6.06. The minimum atomic E-state index is 0.268. The predicted molar refractivity (Wildman–Crippen MR) is 97.6 cm³/mol. The van der Waals surface area contributed by atoms with Crippen molar-refractivity contribution in [2.45, 2.75) is 13.3 Å². The van der Waals surface area contributed by atoms with E-state index in [9.17, 15) is 0 Å². The molecule has 0 atom stereocenters. The van der Waals surface area contributed by atoms with Gasteiger partial charge in [0.1, 0.15) is 10.6 Å². The second kappa shape index (κ2) is 7.25. The van der Waals surface area contributed by atoms with E-state index < -0.39 is 0 Å². The lowest BCUT2D eigenvalue weighted by Gasteiger charge is -2.09. The van der Waals surface area contributed by atoms with Gasteiger partial charge in [-0.2, -0.15) is 0 Å². The number of anilines is 1. The van der Waals surface area contributed by atoms with Crippen LogP contribution in [0.3, 0.4) is 0 Å². The summed E-state index contributed by atoms with van der Waals surface area (Å²) in [5.74, 6) is 0.785. The Kier molecular flexibility index (Phi) is 5.10. The van der Waals surface area contributed by atoms with Gasteiger partial charge in [-0.05, 0) is 30.5 Å². The Morgan fingerprint density at radius 1 is 1.22 bits per heavy atom. The van der Waals surface area contributed by atoms with Gasteiger partial charge < -0.3 is 10.1 Å². The second-order valence-corrected chi connectivity index (χ2v) is 6.51. The molecule has 0 amide bonds. The molecule has 120 valence electrons. The van der Waals surface area contributed by atoms with Gasteiger partial charge in [0.05, 0.1) is 5.39 Å². The summed E-state index contributed by atoms with van der Waals surface area (Å²) in [5, 5.41) is 6.77. The molecule has 0 bridgehead atoms. The van der Waals surface area contributed by atoms with Crippen molar-refractivity contribution in [2.24, 2.45) is 0 Å². The van der Waals surface area contributed by atoms with Crippen LogP contribution in [0.15, 0.2) is 29.6 Å². The zero-order chi connectivity index (χ0) is 16.2. The van der Waals surface area contributed by atoms with Crippen molar-refractivity contribution in [3.05, 3.63) is 40.5 Å². The first kappa shape index (κ1) is 16.2. The lowest BCUT2D eigenvalue weighted by Crippen LogP contribution is -2.07. The molecule has 3 rings (SSSR count). The number of ether oxygens (including phenoxy) is 1. The van der Waals surface area contributed by atoms with Crippen LogP contribution < -0.4 is 5.32 Å². The first-order valence-corrected chi connectivity index (χ1v) is 8.69. The van der Waals surface area contributed by atoms with E-state index in [1.165, 1.54) is 5.56 Å². The van der Waals surface area contributed by atoms with Gasteiger partial charge in [0, 0.05) is 31.2 Å². The molecule has 0 fully saturated rings. The average Bonchev–Trinajstić information content (AvgIpc) is 2.96. The van der Waals surface area contributed by atoms with Crippen LogP contribution in [0.2, 0.25) is 5.28 Å². The molecule has 2 heterocycles. The van der Waals surface area contributed by atoms with Crippen LogP contribution in [0, 0.1) is 6.92 Å². The highest BCUT2D eigenvalue weighted by Crippen LogP contribution is 2.37. The molecule has 23 heavy (non-hydrogen) atoms. The first-order valence-electron chi connectivity index (χ1n) is 7.43. The molecule has 1 N–H and O–H groups in total. The lowest BCUT2D eigenvalue weighted by atomic mass is 10.0. The number of aryl methyl sites for hydroxylation is 1. The van der Waals surface area contributed by atoms with E-state index in [0.29, 0.717) is 6.61 Å². The van der Waals surface area contributed by atoms with Crippen molar-refractivity contribution in [1.29, 1.82) is 0 Å². The van der Waals surface area contributed by atoms with Crippen molar-refractivity contribution in [2.75, 3.05) is 25.6 Å². The summed E-state index contributed by atoms with van der Waals surface area (Å²) in [6.07, 6.45) is 0.906. The summed E-state index contributed by atoms with van der Waals surface area (Å²) in [6.45, 7) is 3.57. The normalized spacial score (nSPS) is 11.1. The minimum Gasteiger partial charge on any atom is -0.385 e. The maximum absolute atomic E-state index is 6.06. The van der Waals surface area contributed by atoms with Crippen molar-refractivity contribution < 1.29 is 4.74 Å². The Hall–Kier alpha value is -1.69. The van der Waals surface area contributed by atoms with E-state index in [4.69, 9.17) is 16.3 Å². The molecule has 0 unspecified atom stereocenters. The fraction of sp³-hybridized carbons (Fsp3) is 0.294. The molecule has 0 spiro atoms. The van der Waals surface area contributed by atoms with Gasteiger partial charge in [-0.1, -0.05) is 29.8 Å². The number of hydrogen-bond acceptors (Lipinski definition) is 5. The number of methoxy groups -OCH3 is 1. The maximum Gasteiger partial charge on any atom is 0.225 e. The lowest BCUT2D eigenvalue weighted by molar-refractivity contribution is 0.198. The molecule has 0 saturated carbocycles. The zero-order valence-corrected chi connectivity index (χ0v) is 14.7. The van der Waals surface area contributed by atoms with Gasteiger partial charge in [-0.15, -0.1) is 11.3 Å². The second-order valence-electron chi connectivity index (χ2n) is 5.31. The summed E-state index contributed by atoms with van der Waals surface area (Å²) in [4.78, 5) is 9.63. The molecular formula is C17H18ClN3OS. The van der Waals surface area contributed by atoms with Crippen LogP contribution in [-0.2, 0) is 4.74 Å². The van der Waals surface area contributed by atoms with Gasteiger partial charge in [-0.25, -0.2) is 9.97 Å². The average molecular weight is 348 g/mol. The monoisotopic (exact) mass is 347 g/mol. The van der Waals surface area contributed by atoms with Crippen molar-refractivity contribution in [3.8, 4) is 11.1 Å². The van der Waals surface area contributed by atoms with Crippen LogP contribution in [0.5, 0.6) is 0 Å². The Morgan fingerprint density at radius 3 is 2.74 bits per heavy atom. The molecule has 0 aliphatic heterocycles. The highest BCUT2D eigenvalue weighted by atomic mass is 35.5. The smallest absolute Gasteiger partial charge is 0.225 e. The predicted octanol–water partition coefficient (Wildman–Crippen LogP) is 4.77. The molecule has 0 radical (unpaired) electrons. The molecule has 0 aliphatic rings. The number of thiophene rings is 1. The van der Waals surface area contributed by atoms with E-state index in [2.05, 4.69) is 51.9 Å². The third kappa shape index (κ3) is 3.63. The number of nitrogens with one attached hydrogen (secondary N) is 1. The molecule has 3 aromatic rings. The van der Waals surface area contributed by atoms with Crippen molar-refractivity contribution in [3.63, 3.8) is 0 Å². The molecule has 0 saturated heterocycles. The number of nitrogens with zero attached hydrogens (tertiary/aromatic N) is 2. The molecule has 4 nitrogen and oxygen atoms in total. The number of hydrogen-bond donors (Lipinski definition) is 1. The number of fused-ring (bicyclic) bond motifs is 1. The summed E-state index contributed by atoms with van der Waals surface area (Å²) >= 11 is 7.64. The summed E-state index contributed by atoms with van der Waals surface area (Å²) in [5.41, 5.74) is 3.54. The topological polar surface area (TPSA) is 47.0 Å². The third-order valence-electron chi connectivity index (χ3n) is 3.59. The van der Waals surface area contributed by atoms with E-state index in [0.717, 1.165) is 40.1 Å². The summed E-state index contributed by atoms with van der Waals surface area (Å²) in [7, 11) is 1.70. The van der Waals surface area contributed by atoms with E-state index >= 15 is 0 Å². The Labute approximate surface area is 144 Å². The van der Waals surface area contributed by atoms with Crippen LogP contribution in [0.25, 0.3) is 21.3 Å². The van der Waals surface area contributed by atoms with Gasteiger partial charge in [0.2, 0.25) is 5.28 Å². The van der Waals surface area contributed by atoms with Crippen molar-refractivity contribution in [1.82, 2.24) is 9.97 Å². The molecule has 1 aromatic carbocycles. The Bertz CT molecular complexity index is 801. The fourth-order valence-corrected chi connectivity index (χ4v) is 3.58. The Balaban J connectivity index is 2.00. The molecule has 0 aliphatic carbocycles. The third-order valence-corrected chi connectivity index (χ3v) is 4.63. The zero-order valence-electron chi connectivity index (χ0n) is 13.1. The van der Waals surface area contributed by atoms with E-state index in [1.807, 2.05) is 0 Å². The van der Waals surface area contributed by atoms with Crippen LogP contribution in [0.1, 0.15) is 12.0 Å². The van der Waals surface area contributed by atoms with E-state index in [-0.39, 0.29) is 5.28 Å². The van der Waals surface area contributed by atoms with Crippen molar-refractivity contribution >= 4 is 39.0 Å². The van der Waals surface area contributed by atoms with Crippen LogP contribution >= 0.6 is 22.9 Å². The van der Waals surface area contributed by atoms with Gasteiger partial charge in [0.25, 0.3) is 0 Å². The van der Waals surface area contributed by atoms with Crippen LogP contribution in [0.4, 0.5) is 5.82 Å². The van der Waals surface area contributed by atoms with Gasteiger partial charge in [-0.3, -0.25) is 0 Å². The highest BCUT2D eigenvalue weighted by Gasteiger charge is 2.14. The standard InChI is InChI=1S/C17H18ClN3OS/c1-11-4-6-12(7-5-11)13-10-23-16-14(13)15(20-17(18)21-16)19-8-3-9-22-2/h4-7,10H,3,8-9H2,1-2H3,(H,19,20,21). The fourth-order valence-electron chi connectivity index (χ4n) is 2.41. The quantitative estimate of drug-likeness (QED) is 0.515.